The average Bonchev–Trinajstić information content (AvgIpc) is 2.49. The predicted octanol–water partition coefficient (Wildman–Crippen LogP) is 1.34. The largest absolute Gasteiger partial charge is 0.461 e. The highest BCUT2D eigenvalue weighted by molar-refractivity contribution is 5.77. The van der Waals surface area contributed by atoms with Gasteiger partial charge in [-0.2, -0.15) is 0 Å². The molecule has 1 fully saturated rings. The van der Waals surface area contributed by atoms with Crippen molar-refractivity contribution in [1.82, 2.24) is 10.2 Å². The minimum Gasteiger partial charge on any atom is -0.461 e. The fourth-order valence-electron chi connectivity index (χ4n) is 2.97. The molecule has 0 aliphatic carbocycles. The summed E-state index contributed by atoms with van der Waals surface area (Å²) in [6.07, 6.45) is 2.73. The lowest BCUT2D eigenvalue weighted by Gasteiger charge is -2.31. The maximum Gasteiger partial charge on any atom is 0.323 e. The molecule has 1 N–H and O–H groups in total. The normalized spacial score (nSPS) is 24.1. The Bertz CT molecular complexity index is 481. The van der Waals surface area contributed by atoms with Gasteiger partial charge in [-0.15, -0.1) is 0 Å². The van der Waals surface area contributed by atoms with Crippen LogP contribution in [0.2, 0.25) is 0 Å². The first-order valence-electron chi connectivity index (χ1n) is 7.41. The summed E-state index contributed by atoms with van der Waals surface area (Å²) >= 11 is 0. The second-order valence-corrected chi connectivity index (χ2v) is 5.85. The molecule has 0 spiro atoms. The molecule has 0 aromatic heterocycles. The van der Waals surface area contributed by atoms with Gasteiger partial charge in [0.2, 0.25) is 0 Å². The summed E-state index contributed by atoms with van der Waals surface area (Å²) in [5.41, 5.74) is 2.55. The lowest BCUT2D eigenvalue weighted by atomic mass is 9.96. The zero-order chi connectivity index (χ0) is 13.9. The minimum absolute atomic E-state index is 0.0888. The maximum atomic E-state index is 12.3. The van der Waals surface area contributed by atoms with Gasteiger partial charge in [-0.1, -0.05) is 24.3 Å². The SMILES string of the molecule is CN1CCC(OC(=O)[C@@H]2Cc3ccccc3CN2)CC1. The Labute approximate surface area is 120 Å². The van der Waals surface area contributed by atoms with E-state index in [4.69, 9.17) is 4.74 Å². The van der Waals surface area contributed by atoms with E-state index in [-0.39, 0.29) is 18.1 Å². The number of hydrogen-bond acceptors (Lipinski definition) is 4. The molecule has 2 heterocycles. The molecule has 1 atom stereocenters. The Hall–Kier alpha value is -1.39. The van der Waals surface area contributed by atoms with Crippen molar-refractivity contribution in [1.29, 1.82) is 0 Å². The van der Waals surface area contributed by atoms with E-state index in [0.717, 1.165) is 38.9 Å². The monoisotopic (exact) mass is 274 g/mol. The lowest BCUT2D eigenvalue weighted by molar-refractivity contribution is -0.153. The number of rotatable bonds is 2. The fourth-order valence-corrected chi connectivity index (χ4v) is 2.97. The molecular formula is C16H22N2O2. The minimum atomic E-state index is -0.190. The Morgan fingerprint density at radius 1 is 1.25 bits per heavy atom. The summed E-state index contributed by atoms with van der Waals surface area (Å²) in [4.78, 5) is 14.5. The smallest absolute Gasteiger partial charge is 0.323 e. The van der Waals surface area contributed by atoms with Crippen LogP contribution in [0.5, 0.6) is 0 Å². The van der Waals surface area contributed by atoms with Gasteiger partial charge < -0.3 is 15.0 Å². The number of esters is 1. The molecule has 108 valence electrons. The van der Waals surface area contributed by atoms with Crippen LogP contribution in [-0.4, -0.2) is 43.2 Å². The molecule has 4 nitrogen and oxygen atoms in total. The second kappa shape index (κ2) is 5.94. The average molecular weight is 274 g/mol. The third-order valence-electron chi connectivity index (χ3n) is 4.31. The Balaban J connectivity index is 1.56. The van der Waals surface area contributed by atoms with Crippen molar-refractivity contribution >= 4 is 5.97 Å². The molecule has 20 heavy (non-hydrogen) atoms. The van der Waals surface area contributed by atoms with E-state index in [1.807, 2.05) is 12.1 Å². The quantitative estimate of drug-likeness (QED) is 0.826. The summed E-state index contributed by atoms with van der Waals surface area (Å²) in [7, 11) is 2.11. The van der Waals surface area contributed by atoms with E-state index in [0.29, 0.717) is 0 Å². The Morgan fingerprint density at radius 3 is 2.70 bits per heavy atom. The van der Waals surface area contributed by atoms with Crippen molar-refractivity contribution in [3.8, 4) is 0 Å². The van der Waals surface area contributed by atoms with Gasteiger partial charge in [0.1, 0.15) is 12.1 Å². The van der Waals surface area contributed by atoms with Crippen LogP contribution >= 0.6 is 0 Å². The molecule has 0 unspecified atom stereocenters. The number of hydrogen-bond donors (Lipinski definition) is 1. The van der Waals surface area contributed by atoms with Crippen LogP contribution in [0.4, 0.5) is 0 Å². The van der Waals surface area contributed by atoms with Crippen molar-refractivity contribution in [2.24, 2.45) is 0 Å². The number of ether oxygens (including phenoxy) is 1. The van der Waals surface area contributed by atoms with Crippen molar-refractivity contribution in [2.45, 2.75) is 38.0 Å². The van der Waals surface area contributed by atoms with Crippen molar-refractivity contribution in [2.75, 3.05) is 20.1 Å². The van der Waals surface area contributed by atoms with Gasteiger partial charge >= 0.3 is 5.97 Å². The van der Waals surface area contributed by atoms with E-state index in [2.05, 4.69) is 29.4 Å². The van der Waals surface area contributed by atoms with Gasteiger partial charge in [-0.05, 0) is 37.4 Å². The van der Waals surface area contributed by atoms with Crippen molar-refractivity contribution in [3.63, 3.8) is 0 Å². The van der Waals surface area contributed by atoms with Crippen LogP contribution in [-0.2, 0) is 22.5 Å². The molecule has 0 amide bonds. The third-order valence-corrected chi connectivity index (χ3v) is 4.31. The highest BCUT2D eigenvalue weighted by atomic mass is 16.5. The van der Waals surface area contributed by atoms with E-state index in [1.54, 1.807) is 0 Å². The number of carbonyl (C=O) groups excluding carboxylic acids is 1. The molecule has 1 aromatic rings. The molecule has 0 saturated carbocycles. The van der Waals surface area contributed by atoms with Gasteiger partial charge in [-0.3, -0.25) is 4.79 Å². The number of piperidine rings is 1. The first-order valence-corrected chi connectivity index (χ1v) is 7.41. The predicted molar refractivity (Wildman–Crippen MR) is 77.4 cm³/mol. The lowest BCUT2D eigenvalue weighted by Crippen LogP contribution is -2.45. The van der Waals surface area contributed by atoms with Crippen LogP contribution in [0.1, 0.15) is 24.0 Å². The highest BCUT2D eigenvalue weighted by Crippen LogP contribution is 2.19. The van der Waals surface area contributed by atoms with Crippen LogP contribution in [0.15, 0.2) is 24.3 Å². The molecule has 0 bridgehead atoms. The molecule has 1 saturated heterocycles. The summed E-state index contributed by atoms with van der Waals surface area (Å²) in [5, 5.41) is 3.29. The standard InChI is InChI=1S/C16H22N2O2/c1-18-8-6-14(7-9-18)20-16(19)15-10-12-4-2-3-5-13(12)11-17-15/h2-5,14-15,17H,6-11H2,1H3/t15-/m0/s1. The van der Waals surface area contributed by atoms with Crippen molar-refractivity contribution < 1.29 is 9.53 Å². The second-order valence-electron chi connectivity index (χ2n) is 5.85. The summed E-state index contributed by atoms with van der Waals surface area (Å²) in [5.74, 6) is -0.0888. The van der Waals surface area contributed by atoms with Gasteiger partial charge in [0.15, 0.2) is 0 Å². The number of carbonyl (C=O) groups is 1. The third kappa shape index (κ3) is 3.02. The number of likely N-dealkylation sites (tertiary alicyclic amines) is 1. The van der Waals surface area contributed by atoms with Crippen LogP contribution < -0.4 is 5.32 Å². The molecule has 4 heteroatoms. The number of nitrogens with zero attached hydrogens (tertiary/aromatic N) is 1. The van der Waals surface area contributed by atoms with E-state index >= 15 is 0 Å². The summed E-state index contributed by atoms with van der Waals surface area (Å²) in [6, 6.07) is 8.10. The number of nitrogens with one attached hydrogen (secondary N) is 1. The zero-order valence-electron chi connectivity index (χ0n) is 12.0. The van der Waals surface area contributed by atoms with Crippen molar-refractivity contribution in [3.05, 3.63) is 35.4 Å². The Morgan fingerprint density at radius 2 is 1.95 bits per heavy atom. The van der Waals surface area contributed by atoms with E-state index < -0.39 is 0 Å². The molecular weight excluding hydrogens is 252 g/mol. The molecule has 0 radical (unpaired) electrons. The van der Waals surface area contributed by atoms with Crippen LogP contribution in [0, 0.1) is 0 Å². The zero-order valence-corrected chi connectivity index (χ0v) is 12.0. The summed E-state index contributed by atoms with van der Waals surface area (Å²) < 4.78 is 5.67. The first-order chi connectivity index (χ1) is 9.72. The molecule has 3 rings (SSSR count). The topological polar surface area (TPSA) is 41.6 Å². The highest BCUT2D eigenvalue weighted by Gasteiger charge is 2.28. The maximum absolute atomic E-state index is 12.3. The number of fused-ring (bicyclic) bond motifs is 1. The van der Waals surface area contributed by atoms with Gasteiger partial charge in [0.25, 0.3) is 0 Å². The van der Waals surface area contributed by atoms with E-state index in [9.17, 15) is 4.79 Å². The first kappa shape index (κ1) is 13.6. The summed E-state index contributed by atoms with van der Waals surface area (Å²) in [6.45, 7) is 2.78. The molecule has 1 aromatic carbocycles. The van der Waals surface area contributed by atoms with E-state index in [1.165, 1.54) is 11.1 Å². The molecule has 2 aliphatic heterocycles. The van der Waals surface area contributed by atoms with Gasteiger partial charge in [0, 0.05) is 19.6 Å². The van der Waals surface area contributed by atoms with Crippen LogP contribution in [0.25, 0.3) is 0 Å². The fraction of sp³-hybridized carbons (Fsp3) is 0.562. The molecule has 2 aliphatic rings. The van der Waals surface area contributed by atoms with Gasteiger partial charge in [-0.25, -0.2) is 0 Å². The number of benzene rings is 1. The van der Waals surface area contributed by atoms with Crippen LogP contribution in [0.3, 0.4) is 0 Å². The van der Waals surface area contributed by atoms with Gasteiger partial charge in [0.05, 0.1) is 0 Å². The Kier molecular flexibility index (Phi) is 4.03.